The Morgan fingerprint density at radius 2 is 1.92 bits per heavy atom. The predicted octanol–water partition coefficient (Wildman–Crippen LogP) is 3.89. The van der Waals surface area contributed by atoms with E-state index < -0.39 is 11.6 Å². The molecule has 0 aromatic heterocycles. The molecule has 0 amide bonds. The third-order valence-corrected chi connectivity index (χ3v) is 8.59. The van der Waals surface area contributed by atoms with Crippen LogP contribution in [0.15, 0.2) is 23.8 Å². The Bertz CT molecular complexity index is 707. The van der Waals surface area contributed by atoms with Crippen LogP contribution in [0.4, 0.5) is 0 Å². The fraction of sp³-hybridized carbons (Fsp3) is 0.727. The lowest BCUT2D eigenvalue weighted by Gasteiger charge is -2.57. The van der Waals surface area contributed by atoms with Crippen molar-refractivity contribution < 1.29 is 19.8 Å². The number of aliphatic carboxylic acids is 1. The average Bonchev–Trinajstić information content (AvgIpc) is 2.86. The van der Waals surface area contributed by atoms with E-state index in [0.717, 1.165) is 25.7 Å². The Hall–Kier alpha value is -1.42. The Kier molecular flexibility index (Phi) is 4.00. The van der Waals surface area contributed by atoms with Gasteiger partial charge in [0.15, 0.2) is 5.78 Å². The fourth-order valence-corrected chi connectivity index (χ4v) is 6.83. The van der Waals surface area contributed by atoms with Crippen LogP contribution in [0.1, 0.15) is 65.2 Å². The third-order valence-electron chi connectivity index (χ3n) is 8.59. The van der Waals surface area contributed by atoms with Gasteiger partial charge in [-0.3, -0.25) is 9.59 Å². The summed E-state index contributed by atoms with van der Waals surface area (Å²) < 4.78 is 0. The van der Waals surface area contributed by atoms with Crippen molar-refractivity contribution in [1.29, 1.82) is 0 Å². The van der Waals surface area contributed by atoms with Crippen molar-refractivity contribution in [2.75, 3.05) is 0 Å². The van der Waals surface area contributed by atoms with Gasteiger partial charge in [0.05, 0.1) is 5.60 Å². The molecule has 2 fully saturated rings. The first-order chi connectivity index (χ1) is 12.2. The van der Waals surface area contributed by atoms with Crippen molar-refractivity contribution in [3.63, 3.8) is 0 Å². The van der Waals surface area contributed by atoms with Gasteiger partial charge in [0.1, 0.15) is 0 Å². The minimum absolute atomic E-state index is 0.0372. The topological polar surface area (TPSA) is 74.6 Å². The van der Waals surface area contributed by atoms with Crippen LogP contribution in [0.25, 0.3) is 0 Å². The Morgan fingerprint density at radius 1 is 1.19 bits per heavy atom. The molecule has 0 aromatic carbocycles. The predicted molar refractivity (Wildman–Crippen MR) is 98.4 cm³/mol. The van der Waals surface area contributed by atoms with E-state index in [1.165, 1.54) is 5.57 Å². The van der Waals surface area contributed by atoms with E-state index >= 15 is 0 Å². The molecule has 0 saturated heterocycles. The average molecular weight is 358 g/mol. The summed E-state index contributed by atoms with van der Waals surface area (Å²) in [6, 6.07) is 0. The van der Waals surface area contributed by atoms with Crippen LogP contribution in [-0.4, -0.2) is 27.6 Å². The minimum Gasteiger partial charge on any atom is -0.481 e. The highest BCUT2D eigenvalue weighted by molar-refractivity contribution is 5.92. The maximum atomic E-state index is 11.9. The molecular formula is C22H30O4. The lowest BCUT2D eigenvalue weighted by Crippen LogP contribution is -2.53. The van der Waals surface area contributed by atoms with Gasteiger partial charge < -0.3 is 10.2 Å². The van der Waals surface area contributed by atoms with Crippen molar-refractivity contribution in [3.8, 4) is 0 Å². The fourth-order valence-electron chi connectivity index (χ4n) is 6.83. The van der Waals surface area contributed by atoms with Gasteiger partial charge in [-0.15, -0.1) is 0 Å². The number of hydrogen-bond donors (Lipinski definition) is 2. The monoisotopic (exact) mass is 358 g/mol. The van der Waals surface area contributed by atoms with Crippen LogP contribution in [0.5, 0.6) is 0 Å². The third kappa shape index (κ3) is 2.37. The number of carboxylic acids is 1. The Labute approximate surface area is 155 Å². The summed E-state index contributed by atoms with van der Waals surface area (Å²) in [6.07, 6.45) is 11.9. The molecule has 4 heteroatoms. The largest absolute Gasteiger partial charge is 0.481 e. The zero-order valence-corrected chi connectivity index (χ0v) is 15.8. The first-order valence-electron chi connectivity index (χ1n) is 10.1. The van der Waals surface area contributed by atoms with Crippen LogP contribution < -0.4 is 0 Å². The number of fused-ring (bicyclic) bond motifs is 5. The quantitative estimate of drug-likeness (QED) is 0.802. The summed E-state index contributed by atoms with van der Waals surface area (Å²) in [6.45, 7) is 4.51. The number of allylic oxidation sites excluding steroid dienone is 4. The van der Waals surface area contributed by atoms with Gasteiger partial charge in [-0.25, -0.2) is 0 Å². The van der Waals surface area contributed by atoms with Crippen LogP contribution in [-0.2, 0) is 9.59 Å². The molecule has 4 aliphatic rings. The highest BCUT2D eigenvalue weighted by Gasteiger charge is 2.62. The SMILES string of the molecule is CC12CCC(=O)C=C1C=C[C@@H]1[C@@H]2CC[C@@]2(C)[C@H]1CC[C@@]2(O)CCC(=O)O. The van der Waals surface area contributed by atoms with Crippen LogP contribution in [0.2, 0.25) is 0 Å². The number of carbonyl (C=O) groups excluding carboxylic acids is 1. The Balaban J connectivity index is 1.66. The zero-order chi connectivity index (χ0) is 18.7. The summed E-state index contributed by atoms with van der Waals surface area (Å²) in [5.74, 6) is 0.748. The van der Waals surface area contributed by atoms with E-state index in [1.54, 1.807) is 0 Å². The first kappa shape index (κ1) is 18.0. The Morgan fingerprint density at radius 3 is 2.65 bits per heavy atom. The normalized spacial score (nSPS) is 47.0. The molecular weight excluding hydrogens is 328 g/mol. The van der Waals surface area contributed by atoms with Gasteiger partial charge in [0.25, 0.3) is 0 Å². The molecule has 0 aromatic rings. The summed E-state index contributed by atoms with van der Waals surface area (Å²) in [4.78, 5) is 22.9. The molecule has 26 heavy (non-hydrogen) atoms. The van der Waals surface area contributed by atoms with Crippen molar-refractivity contribution in [1.82, 2.24) is 0 Å². The molecule has 0 radical (unpaired) electrons. The van der Waals surface area contributed by atoms with Crippen molar-refractivity contribution in [2.24, 2.45) is 28.6 Å². The summed E-state index contributed by atoms with van der Waals surface area (Å²) in [7, 11) is 0. The molecule has 0 bridgehead atoms. The smallest absolute Gasteiger partial charge is 0.303 e. The first-order valence-corrected chi connectivity index (χ1v) is 10.1. The molecule has 6 atom stereocenters. The van der Waals surface area contributed by atoms with E-state index in [-0.39, 0.29) is 23.0 Å². The maximum absolute atomic E-state index is 11.9. The number of rotatable bonds is 3. The van der Waals surface area contributed by atoms with E-state index in [9.17, 15) is 14.7 Å². The van der Waals surface area contributed by atoms with Crippen molar-refractivity contribution in [3.05, 3.63) is 23.8 Å². The van der Waals surface area contributed by atoms with Gasteiger partial charge in [-0.1, -0.05) is 26.0 Å². The van der Waals surface area contributed by atoms with Crippen LogP contribution in [0, 0.1) is 28.6 Å². The molecule has 0 heterocycles. The van der Waals surface area contributed by atoms with Gasteiger partial charge >= 0.3 is 5.97 Å². The van der Waals surface area contributed by atoms with Crippen molar-refractivity contribution in [2.45, 2.75) is 70.8 Å². The number of carbonyl (C=O) groups is 2. The van der Waals surface area contributed by atoms with Gasteiger partial charge in [0.2, 0.25) is 0 Å². The highest BCUT2D eigenvalue weighted by atomic mass is 16.4. The minimum atomic E-state index is -0.867. The van der Waals surface area contributed by atoms with Crippen molar-refractivity contribution >= 4 is 11.8 Å². The molecule has 4 nitrogen and oxygen atoms in total. The van der Waals surface area contributed by atoms with Crippen LogP contribution in [0.3, 0.4) is 0 Å². The van der Waals surface area contributed by atoms with E-state index in [2.05, 4.69) is 26.0 Å². The molecule has 4 aliphatic carbocycles. The second-order valence-corrected chi connectivity index (χ2v) is 9.55. The lowest BCUT2D eigenvalue weighted by atomic mass is 9.48. The van der Waals surface area contributed by atoms with Crippen LogP contribution >= 0.6 is 0 Å². The van der Waals surface area contributed by atoms with E-state index in [1.807, 2.05) is 6.08 Å². The molecule has 0 spiro atoms. The van der Waals surface area contributed by atoms with Gasteiger partial charge in [-0.2, -0.15) is 0 Å². The van der Waals surface area contributed by atoms with Gasteiger partial charge in [0, 0.05) is 12.8 Å². The molecule has 142 valence electrons. The lowest BCUT2D eigenvalue weighted by molar-refractivity contribution is -0.144. The molecule has 2 saturated carbocycles. The molecule has 4 rings (SSSR count). The molecule has 1 unspecified atom stereocenters. The number of hydrogen-bond acceptors (Lipinski definition) is 3. The number of carboxylic acid groups (broad SMARTS) is 1. The number of aliphatic hydroxyl groups is 1. The summed E-state index contributed by atoms with van der Waals surface area (Å²) in [5.41, 5.74) is 0.179. The summed E-state index contributed by atoms with van der Waals surface area (Å²) in [5, 5.41) is 20.5. The van der Waals surface area contributed by atoms with Gasteiger partial charge in [-0.05, 0) is 78.8 Å². The number of ketones is 1. The van der Waals surface area contributed by atoms with E-state index in [4.69, 9.17) is 5.11 Å². The van der Waals surface area contributed by atoms with E-state index in [0.29, 0.717) is 37.0 Å². The summed E-state index contributed by atoms with van der Waals surface area (Å²) >= 11 is 0. The second-order valence-electron chi connectivity index (χ2n) is 9.55. The molecule has 2 N–H and O–H groups in total. The standard InChI is InChI=1S/C22H30O4/c1-20-9-5-15(23)13-14(20)3-4-16-17(20)6-10-21(2)18(16)7-11-22(21,26)12-8-19(24)25/h3-4,13,16-18,26H,5-12H2,1-2H3,(H,24,25)/t16-,17+,18+,20?,21+,22-/m1/s1. The zero-order valence-electron chi connectivity index (χ0n) is 15.8. The molecule has 0 aliphatic heterocycles. The maximum Gasteiger partial charge on any atom is 0.303 e. The highest BCUT2D eigenvalue weighted by Crippen LogP contribution is 2.66. The second kappa shape index (κ2) is 5.79.